The van der Waals surface area contributed by atoms with E-state index in [0.29, 0.717) is 5.41 Å². The second-order valence-corrected chi connectivity index (χ2v) is 5.26. The average Bonchev–Trinajstić information content (AvgIpc) is 2.01. The highest BCUT2D eigenvalue weighted by molar-refractivity contribution is 4.82. The molecule has 2 atom stereocenters. The van der Waals surface area contributed by atoms with Crippen LogP contribution in [0, 0.1) is 17.3 Å². The molecule has 0 nitrogen and oxygen atoms in total. The summed E-state index contributed by atoms with van der Waals surface area (Å²) in [4.78, 5) is 0. The summed E-state index contributed by atoms with van der Waals surface area (Å²) in [5.41, 5.74) is 0.570. The fraction of sp³-hybridized carbons (Fsp3) is 1.00. The van der Waals surface area contributed by atoms with Crippen LogP contribution in [0.4, 0.5) is 0 Å². The van der Waals surface area contributed by atoms with Gasteiger partial charge < -0.3 is 0 Å². The molecule has 0 aliphatic heterocycles. The lowest BCUT2D eigenvalue weighted by molar-refractivity contribution is 0.108. The van der Waals surface area contributed by atoms with Crippen molar-refractivity contribution in [2.24, 2.45) is 17.3 Å². The topological polar surface area (TPSA) is 0 Å². The molecule has 0 amide bonds. The summed E-state index contributed by atoms with van der Waals surface area (Å²) in [6, 6.07) is 0. The highest BCUT2D eigenvalue weighted by Crippen LogP contribution is 2.41. The zero-order chi connectivity index (χ0) is 9.19. The lowest BCUT2D eigenvalue weighted by Crippen LogP contribution is -2.30. The minimum atomic E-state index is 0.570. The molecule has 2 unspecified atom stereocenters. The van der Waals surface area contributed by atoms with Gasteiger partial charge in [0.05, 0.1) is 0 Å². The van der Waals surface area contributed by atoms with E-state index in [-0.39, 0.29) is 0 Å². The van der Waals surface area contributed by atoms with Crippen molar-refractivity contribution in [1.29, 1.82) is 0 Å². The van der Waals surface area contributed by atoms with Gasteiger partial charge in [0.2, 0.25) is 0 Å². The van der Waals surface area contributed by atoms with Crippen LogP contribution in [0.3, 0.4) is 0 Å². The predicted molar refractivity (Wildman–Crippen MR) is 55.2 cm³/mol. The molecule has 1 rings (SSSR count). The first kappa shape index (κ1) is 10.1. The Balaban J connectivity index is 2.62. The summed E-state index contributed by atoms with van der Waals surface area (Å²) < 4.78 is 0. The minimum Gasteiger partial charge on any atom is -0.0620 e. The monoisotopic (exact) mass is 168 g/mol. The first-order chi connectivity index (χ1) is 5.55. The average molecular weight is 168 g/mol. The lowest BCUT2D eigenvalue weighted by atomic mass is 9.66. The second kappa shape index (κ2) is 3.81. The van der Waals surface area contributed by atoms with Gasteiger partial charge in [0.25, 0.3) is 0 Å². The highest BCUT2D eigenvalue weighted by Gasteiger charge is 2.32. The van der Waals surface area contributed by atoms with Crippen molar-refractivity contribution < 1.29 is 0 Å². The molecule has 0 spiro atoms. The smallest absolute Gasteiger partial charge is 0.0303 e. The zero-order valence-corrected chi connectivity index (χ0v) is 9.19. The van der Waals surface area contributed by atoms with Gasteiger partial charge in [-0.2, -0.15) is 0 Å². The van der Waals surface area contributed by atoms with Crippen LogP contribution in [0.2, 0.25) is 0 Å². The van der Waals surface area contributed by atoms with E-state index in [0.717, 1.165) is 11.8 Å². The van der Waals surface area contributed by atoms with E-state index < -0.39 is 0 Å². The Bertz CT molecular complexity index is 121. The molecule has 0 bridgehead atoms. The Morgan fingerprint density at radius 1 is 0.833 bits per heavy atom. The van der Waals surface area contributed by atoms with Gasteiger partial charge in [-0.25, -0.2) is 0 Å². The Hall–Kier alpha value is 0. The molecule has 0 N–H and O–H groups in total. The standard InChI is InChI=1S/C12H24/c1-10-8-6-5-7-9-11(2)12(10,3)4/h10-11H,5-9H2,1-4H3. The van der Waals surface area contributed by atoms with Gasteiger partial charge in [-0.1, -0.05) is 59.8 Å². The quantitative estimate of drug-likeness (QED) is 0.507. The van der Waals surface area contributed by atoms with Crippen molar-refractivity contribution >= 4 is 0 Å². The van der Waals surface area contributed by atoms with Gasteiger partial charge in [0.1, 0.15) is 0 Å². The maximum Gasteiger partial charge on any atom is -0.0303 e. The van der Waals surface area contributed by atoms with E-state index in [9.17, 15) is 0 Å². The SMILES string of the molecule is CC1CCCCCC(C)C1(C)C. The van der Waals surface area contributed by atoms with Crippen LogP contribution in [-0.4, -0.2) is 0 Å². The van der Waals surface area contributed by atoms with Crippen LogP contribution in [0.5, 0.6) is 0 Å². The molecule has 0 aromatic carbocycles. The summed E-state index contributed by atoms with van der Waals surface area (Å²) in [6.45, 7) is 9.77. The van der Waals surface area contributed by atoms with Gasteiger partial charge in [-0.15, -0.1) is 0 Å². The van der Waals surface area contributed by atoms with Gasteiger partial charge in [-0.3, -0.25) is 0 Å². The van der Waals surface area contributed by atoms with Gasteiger partial charge in [-0.05, 0) is 17.3 Å². The van der Waals surface area contributed by atoms with Crippen molar-refractivity contribution in [2.75, 3.05) is 0 Å². The van der Waals surface area contributed by atoms with Gasteiger partial charge >= 0.3 is 0 Å². The van der Waals surface area contributed by atoms with E-state index in [1.54, 1.807) is 0 Å². The van der Waals surface area contributed by atoms with E-state index in [1.807, 2.05) is 0 Å². The number of rotatable bonds is 0. The fourth-order valence-electron chi connectivity index (χ4n) is 2.31. The first-order valence-corrected chi connectivity index (χ1v) is 5.55. The Labute approximate surface area is 77.7 Å². The van der Waals surface area contributed by atoms with Crippen LogP contribution < -0.4 is 0 Å². The fourth-order valence-corrected chi connectivity index (χ4v) is 2.31. The normalized spacial score (nSPS) is 37.0. The number of hydrogen-bond donors (Lipinski definition) is 0. The summed E-state index contributed by atoms with van der Waals surface area (Å²) in [5.74, 6) is 1.82. The summed E-state index contributed by atoms with van der Waals surface area (Å²) in [7, 11) is 0. The molecule has 1 fully saturated rings. The second-order valence-electron chi connectivity index (χ2n) is 5.26. The molecule has 1 aliphatic carbocycles. The van der Waals surface area contributed by atoms with Crippen molar-refractivity contribution in [3.05, 3.63) is 0 Å². The summed E-state index contributed by atoms with van der Waals surface area (Å²) in [5, 5.41) is 0. The third-order valence-electron chi connectivity index (χ3n) is 4.31. The van der Waals surface area contributed by atoms with E-state index in [2.05, 4.69) is 27.7 Å². The van der Waals surface area contributed by atoms with E-state index in [1.165, 1.54) is 32.1 Å². The largest absolute Gasteiger partial charge is 0.0620 e. The molecule has 0 heteroatoms. The molecule has 0 radical (unpaired) electrons. The molecule has 1 aliphatic rings. The van der Waals surface area contributed by atoms with E-state index in [4.69, 9.17) is 0 Å². The molecule has 0 heterocycles. The maximum atomic E-state index is 2.45. The van der Waals surface area contributed by atoms with Crippen molar-refractivity contribution in [3.63, 3.8) is 0 Å². The Morgan fingerprint density at radius 3 is 1.67 bits per heavy atom. The van der Waals surface area contributed by atoms with E-state index >= 15 is 0 Å². The maximum absolute atomic E-state index is 2.45. The van der Waals surface area contributed by atoms with Crippen molar-refractivity contribution in [2.45, 2.75) is 59.8 Å². The zero-order valence-electron chi connectivity index (χ0n) is 9.19. The van der Waals surface area contributed by atoms with Crippen molar-refractivity contribution in [3.8, 4) is 0 Å². The Morgan fingerprint density at radius 2 is 1.25 bits per heavy atom. The lowest BCUT2D eigenvalue weighted by Gasteiger charge is -2.39. The summed E-state index contributed by atoms with van der Waals surface area (Å²) >= 11 is 0. The first-order valence-electron chi connectivity index (χ1n) is 5.55. The van der Waals surface area contributed by atoms with Crippen LogP contribution in [0.25, 0.3) is 0 Å². The minimum absolute atomic E-state index is 0.570. The van der Waals surface area contributed by atoms with Gasteiger partial charge in [0, 0.05) is 0 Å². The predicted octanol–water partition coefficient (Wildman–Crippen LogP) is 4.25. The molecular weight excluding hydrogens is 144 g/mol. The van der Waals surface area contributed by atoms with Crippen LogP contribution in [0.1, 0.15) is 59.8 Å². The molecule has 0 saturated heterocycles. The third-order valence-corrected chi connectivity index (χ3v) is 4.31. The molecule has 0 aromatic heterocycles. The molecule has 1 saturated carbocycles. The van der Waals surface area contributed by atoms with Crippen LogP contribution >= 0.6 is 0 Å². The molecule has 12 heavy (non-hydrogen) atoms. The Kier molecular flexibility index (Phi) is 3.20. The highest BCUT2D eigenvalue weighted by atomic mass is 14.4. The summed E-state index contributed by atoms with van der Waals surface area (Å²) in [6.07, 6.45) is 7.26. The van der Waals surface area contributed by atoms with Crippen molar-refractivity contribution in [1.82, 2.24) is 0 Å². The molecule has 0 aromatic rings. The number of hydrogen-bond acceptors (Lipinski definition) is 0. The van der Waals surface area contributed by atoms with Gasteiger partial charge in [0.15, 0.2) is 0 Å². The molecular formula is C12H24. The van der Waals surface area contributed by atoms with Crippen LogP contribution in [0.15, 0.2) is 0 Å². The molecule has 72 valence electrons. The third kappa shape index (κ3) is 2.02. The van der Waals surface area contributed by atoms with Crippen LogP contribution in [-0.2, 0) is 0 Å².